The van der Waals surface area contributed by atoms with Gasteiger partial charge in [0.05, 0.1) is 25.6 Å². The first-order valence-corrected chi connectivity index (χ1v) is 9.52. The van der Waals surface area contributed by atoms with Gasteiger partial charge in [0, 0.05) is 44.2 Å². The molecule has 174 valence electrons. The van der Waals surface area contributed by atoms with Crippen molar-refractivity contribution in [1.29, 1.82) is 0 Å². The fourth-order valence-corrected chi connectivity index (χ4v) is 3.75. The topological polar surface area (TPSA) is 110 Å². The van der Waals surface area contributed by atoms with E-state index in [9.17, 15) is 22.4 Å². The Morgan fingerprint density at radius 2 is 2.00 bits per heavy atom. The van der Waals surface area contributed by atoms with Gasteiger partial charge in [0.2, 0.25) is 5.95 Å². The van der Waals surface area contributed by atoms with E-state index in [0.29, 0.717) is 37.9 Å². The molecule has 4 heterocycles. The van der Waals surface area contributed by atoms with Crippen molar-refractivity contribution in [2.45, 2.75) is 6.18 Å². The molecule has 0 radical (unpaired) electrons. The monoisotopic (exact) mass is 459 g/mol. The number of ether oxygens (including phenoxy) is 1. The number of aryl methyl sites for hydroxylation is 1. The van der Waals surface area contributed by atoms with E-state index in [1.54, 1.807) is 10.6 Å². The van der Waals surface area contributed by atoms with Gasteiger partial charge >= 0.3 is 12.1 Å². The summed E-state index contributed by atoms with van der Waals surface area (Å²) in [5.41, 5.74) is 0.460. The maximum Gasteiger partial charge on any atom is 0.490 e. The zero-order valence-electron chi connectivity index (χ0n) is 17.0. The fourth-order valence-electron chi connectivity index (χ4n) is 3.75. The normalized spacial score (nSPS) is 22.2. The Morgan fingerprint density at radius 1 is 1.34 bits per heavy atom. The molecule has 2 fully saturated rings. The van der Waals surface area contributed by atoms with Crippen molar-refractivity contribution < 1.29 is 37.0 Å². The number of nitrogens with one attached hydrogen (secondary N) is 1. The van der Waals surface area contributed by atoms with Gasteiger partial charge in [-0.15, -0.1) is 0 Å². The Balaban J connectivity index is 0.000000360. The summed E-state index contributed by atoms with van der Waals surface area (Å²) in [5, 5.41) is 10.2. The predicted molar refractivity (Wildman–Crippen MR) is 102 cm³/mol. The highest BCUT2D eigenvalue weighted by molar-refractivity contribution is 5.92. The van der Waals surface area contributed by atoms with E-state index in [-0.39, 0.29) is 17.2 Å². The van der Waals surface area contributed by atoms with E-state index < -0.39 is 18.0 Å². The van der Waals surface area contributed by atoms with Crippen LogP contribution in [0, 0.1) is 17.2 Å². The van der Waals surface area contributed by atoms with Crippen molar-refractivity contribution >= 4 is 17.8 Å². The number of fused-ring (bicyclic) bond motifs is 1. The second-order valence-electron chi connectivity index (χ2n) is 7.65. The van der Waals surface area contributed by atoms with E-state index in [0.717, 1.165) is 6.54 Å². The fraction of sp³-hybridized carbons (Fsp3) is 0.474. The molecule has 0 spiro atoms. The predicted octanol–water partition coefficient (Wildman–Crippen LogP) is 1.47. The molecule has 0 bridgehead atoms. The molecule has 9 nitrogen and oxygen atoms in total. The summed E-state index contributed by atoms with van der Waals surface area (Å²) >= 11 is 0. The van der Waals surface area contributed by atoms with Crippen molar-refractivity contribution in [3.8, 4) is 0 Å². The molecular weight excluding hydrogens is 438 g/mol. The third kappa shape index (κ3) is 5.15. The van der Waals surface area contributed by atoms with Crippen LogP contribution in [0.4, 0.5) is 23.5 Å². The lowest BCUT2D eigenvalue weighted by Gasteiger charge is -2.27. The number of carboxylic acids is 1. The number of anilines is 1. The third-order valence-electron chi connectivity index (χ3n) is 5.43. The summed E-state index contributed by atoms with van der Waals surface area (Å²) in [7, 11) is 1.85. The number of carboxylic acid groups (broad SMARTS) is 1. The maximum atomic E-state index is 13.0. The molecule has 0 saturated carbocycles. The van der Waals surface area contributed by atoms with Gasteiger partial charge in [0.25, 0.3) is 5.91 Å². The van der Waals surface area contributed by atoms with Crippen LogP contribution in [-0.4, -0.2) is 70.5 Å². The van der Waals surface area contributed by atoms with Crippen molar-refractivity contribution in [3.63, 3.8) is 0 Å². The van der Waals surface area contributed by atoms with E-state index in [2.05, 4.69) is 15.3 Å². The average molecular weight is 459 g/mol. The first kappa shape index (κ1) is 23.4. The van der Waals surface area contributed by atoms with E-state index in [1.807, 2.05) is 24.2 Å². The Hall–Kier alpha value is -3.22. The smallest absolute Gasteiger partial charge is 0.475 e. The Morgan fingerprint density at radius 3 is 2.56 bits per heavy atom. The van der Waals surface area contributed by atoms with Crippen LogP contribution in [0.3, 0.4) is 0 Å². The Bertz CT molecular complexity index is 965. The number of nitrogens with zero attached hydrogens (tertiary/aromatic N) is 4. The largest absolute Gasteiger partial charge is 0.490 e. The molecule has 4 rings (SSSR count). The van der Waals surface area contributed by atoms with Gasteiger partial charge in [0.15, 0.2) is 5.82 Å². The number of halogens is 4. The van der Waals surface area contributed by atoms with Gasteiger partial charge in [-0.3, -0.25) is 4.79 Å². The van der Waals surface area contributed by atoms with Crippen LogP contribution in [-0.2, 0) is 16.6 Å². The number of aromatic nitrogens is 3. The first-order chi connectivity index (χ1) is 15.0. The standard InChI is InChI=1S/C17H20FN5O2.C2HF3O2/c1-22-4-2-3-14(22)15(24)21-9-17-10-23(7-12(17)8-25-11-17)16-19-5-13(18)6-20-16;3-2(4,5)1(6)7/h2-6,12H,7-11H2,1H3,(H,21,24);(H,6,7)/t12-,17+;/m1./s1. The number of aliphatic carboxylic acids is 1. The molecule has 0 unspecified atom stereocenters. The van der Waals surface area contributed by atoms with E-state index >= 15 is 0 Å². The third-order valence-corrected chi connectivity index (χ3v) is 5.43. The number of carbonyl (C=O) groups is 2. The molecule has 2 aliphatic rings. The van der Waals surface area contributed by atoms with Crippen molar-refractivity contribution in [3.05, 3.63) is 42.2 Å². The van der Waals surface area contributed by atoms with E-state index in [4.69, 9.17) is 14.6 Å². The molecular formula is C19H21F4N5O4. The minimum atomic E-state index is -5.08. The van der Waals surface area contributed by atoms with Gasteiger partial charge in [-0.2, -0.15) is 13.2 Å². The number of amides is 1. The molecule has 13 heteroatoms. The quantitative estimate of drug-likeness (QED) is 0.667. The van der Waals surface area contributed by atoms with Crippen LogP contribution >= 0.6 is 0 Å². The summed E-state index contributed by atoms with van der Waals surface area (Å²) in [6, 6.07) is 3.64. The van der Waals surface area contributed by atoms with Crippen molar-refractivity contribution in [2.24, 2.45) is 18.4 Å². The number of hydrogen-bond acceptors (Lipinski definition) is 6. The average Bonchev–Trinajstić information content (AvgIpc) is 3.40. The highest BCUT2D eigenvalue weighted by Gasteiger charge is 2.51. The first-order valence-electron chi connectivity index (χ1n) is 9.52. The molecule has 0 aromatic carbocycles. The van der Waals surface area contributed by atoms with Gasteiger partial charge < -0.3 is 24.6 Å². The number of alkyl halides is 3. The molecule has 2 saturated heterocycles. The Kier molecular flexibility index (Phi) is 6.67. The number of carbonyl (C=O) groups excluding carboxylic acids is 1. The molecule has 0 aliphatic carbocycles. The lowest BCUT2D eigenvalue weighted by molar-refractivity contribution is -0.192. The van der Waals surface area contributed by atoms with Crippen LogP contribution < -0.4 is 10.2 Å². The van der Waals surface area contributed by atoms with Crippen molar-refractivity contribution in [1.82, 2.24) is 19.9 Å². The molecule has 32 heavy (non-hydrogen) atoms. The summed E-state index contributed by atoms with van der Waals surface area (Å²) in [6.45, 7) is 3.18. The zero-order valence-corrected chi connectivity index (χ0v) is 17.0. The molecule has 2 aromatic rings. The molecule has 2 aromatic heterocycles. The summed E-state index contributed by atoms with van der Waals surface area (Å²) in [5.74, 6) is -2.49. The summed E-state index contributed by atoms with van der Waals surface area (Å²) in [4.78, 5) is 31.5. The van der Waals surface area contributed by atoms with Crippen LogP contribution in [0.25, 0.3) is 0 Å². The molecule has 2 aliphatic heterocycles. The second kappa shape index (κ2) is 9.10. The number of rotatable bonds is 4. The second-order valence-corrected chi connectivity index (χ2v) is 7.65. The van der Waals surface area contributed by atoms with Gasteiger partial charge in [-0.05, 0) is 12.1 Å². The highest BCUT2D eigenvalue weighted by Crippen LogP contribution is 2.41. The lowest BCUT2D eigenvalue weighted by Crippen LogP contribution is -2.43. The SMILES string of the molecule is Cn1cccc1C(=O)NC[C@]12COC[C@H]1CN(c1ncc(F)cn1)C2.O=C(O)C(F)(F)F. The van der Waals surface area contributed by atoms with Crippen LogP contribution in [0.1, 0.15) is 10.5 Å². The van der Waals surface area contributed by atoms with Gasteiger partial charge in [-0.1, -0.05) is 0 Å². The highest BCUT2D eigenvalue weighted by atomic mass is 19.4. The summed E-state index contributed by atoms with van der Waals surface area (Å²) < 4.78 is 52.3. The molecule has 2 N–H and O–H groups in total. The van der Waals surface area contributed by atoms with Crippen LogP contribution in [0.2, 0.25) is 0 Å². The minimum absolute atomic E-state index is 0.0935. The molecule has 2 atom stereocenters. The Labute approximate surface area is 180 Å². The maximum absolute atomic E-state index is 13.0. The van der Waals surface area contributed by atoms with E-state index in [1.165, 1.54) is 12.4 Å². The minimum Gasteiger partial charge on any atom is -0.475 e. The summed E-state index contributed by atoms with van der Waals surface area (Å²) in [6.07, 6.45) is -0.884. The molecule has 1 amide bonds. The van der Waals surface area contributed by atoms with Crippen LogP contribution in [0.5, 0.6) is 0 Å². The number of hydrogen-bond donors (Lipinski definition) is 2. The van der Waals surface area contributed by atoms with Crippen molar-refractivity contribution in [2.75, 3.05) is 37.7 Å². The van der Waals surface area contributed by atoms with Gasteiger partial charge in [0.1, 0.15) is 5.69 Å². The van der Waals surface area contributed by atoms with Crippen LogP contribution in [0.15, 0.2) is 30.7 Å². The van der Waals surface area contributed by atoms with Gasteiger partial charge in [-0.25, -0.2) is 19.2 Å². The zero-order chi connectivity index (χ0) is 23.5. The lowest BCUT2D eigenvalue weighted by atomic mass is 9.81.